The van der Waals surface area contributed by atoms with E-state index in [-0.39, 0.29) is 23.5 Å². The molecule has 1 amide bonds. The Balaban J connectivity index is 1.59. The Morgan fingerprint density at radius 3 is 2.83 bits per heavy atom. The first-order valence-electron chi connectivity index (χ1n) is 9.10. The number of nitrogens with zero attached hydrogens (tertiary/aromatic N) is 1. The molecule has 0 aromatic heterocycles. The number of aryl methyl sites for hydroxylation is 1. The molecular weight excluding hydrogens is 302 g/mol. The van der Waals surface area contributed by atoms with E-state index in [1.54, 1.807) is 7.11 Å². The molecule has 1 saturated carbocycles. The molecule has 24 heavy (non-hydrogen) atoms. The van der Waals surface area contributed by atoms with Gasteiger partial charge in [0.25, 0.3) is 0 Å². The zero-order chi connectivity index (χ0) is 16.9. The number of methoxy groups -OCH3 is 1. The van der Waals surface area contributed by atoms with E-state index in [0.29, 0.717) is 12.5 Å². The SMILES string of the molecule is COc1ccc2c(c1)CCC1C2OCCN1C(=O)C1CCC1(C)C. The summed E-state index contributed by atoms with van der Waals surface area (Å²) in [5, 5.41) is 0. The van der Waals surface area contributed by atoms with E-state index >= 15 is 0 Å². The van der Waals surface area contributed by atoms with Crippen molar-refractivity contribution < 1.29 is 14.3 Å². The van der Waals surface area contributed by atoms with Crippen molar-refractivity contribution in [2.24, 2.45) is 11.3 Å². The van der Waals surface area contributed by atoms with Gasteiger partial charge in [-0.15, -0.1) is 0 Å². The molecule has 3 unspecified atom stereocenters. The Hall–Kier alpha value is -1.55. The molecule has 3 atom stereocenters. The lowest BCUT2D eigenvalue weighted by atomic mass is 9.62. The lowest BCUT2D eigenvalue weighted by Gasteiger charge is -2.50. The van der Waals surface area contributed by atoms with Crippen LogP contribution in [0.1, 0.15) is 50.3 Å². The van der Waals surface area contributed by atoms with Crippen molar-refractivity contribution in [3.05, 3.63) is 29.3 Å². The van der Waals surface area contributed by atoms with E-state index in [0.717, 1.165) is 38.0 Å². The molecule has 4 rings (SSSR count). The molecule has 1 heterocycles. The van der Waals surface area contributed by atoms with Gasteiger partial charge in [0.2, 0.25) is 5.91 Å². The van der Waals surface area contributed by atoms with Gasteiger partial charge in [0.15, 0.2) is 0 Å². The largest absolute Gasteiger partial charge is 0.497 e. The average Bonchev–Trinajstić information content (AvgIpc) is 2.59. The smallest absolute Gasteiger partial charge is 0.226 e. The Kier molecular flexibility index (Phi) is 3.83. The van der Waals surface area contributed by atoms with E-state index in [9.17, 15) is 4.79 Å². The summed E-state index contributed by atoms with van der Waals surface area (Å²) in [7, 11) is 1.70. The zero-order valence-electron chi connectivity index (χ0n) is 14.9. The second-order valence-corrected chi connectivity index (χ2v) is 8.07. The Labute approximate surface area is 144 Å². The monoisotopic (exact) mass is 329 g/mol. The topological polar surface area (TPSA) is 38.8 Å². The maximum atomic E-state index is 13.1. The fraction of sp³-hybridized carbons (Fsp3) is 0.650. The quantitative estimate of drug-likeness (QED) is 0.835. The highest BCUT2D eigenvalue weighted by atomic mass is 16.5. The molecule has 1 aromatic carbocycles. The van der Waals surface area contributed by atoms with Crippen molar-refractivity contribution in [2.75, 3.05) is 20.3 Å². The fourth-order valence-electron chi connectivity index (χ4n) is 4.63. The van der Waals surface area contributed by atoms with Crippen LogP contribution in [-0.4, -0.2) is 37.1 Å². The molecule has 1 saturated heterocycles. The van der Waals surface area contributed by atoms with Gasteiger partial charge in [-0.3, -0.25) is 4.79 Å². The fourth-order valence-corrected chi connectivity index (χ4v) is 4.63. The van der Waals surface area contributed by atoms with Crippen molar-refractivity contribution in [1.29, 1.82) is 0 Å². The average molecular weight is 329 g/mol. The summed E-state index contributed by atoms with van der Waals surface area (Å²) in [4.78, 5) is 15.2. The molecule has 4 heteroatoms. The van der Waals surface area contributed by atoms with Crippen molar-refractivity contribution in [2.45, 2.75) is 51.7 Å². The van der Waals surface area contributed by atoms with Crippen LogP contribution in [0.5, 0.6) is 5.75 Å². The van der Waals surface area contributed by atoms with Crippen LogP contribution in [0.3, 0.4) is 0 Å². The van der Waals surface area contributed by atoms with Crippen molar-refractivity contribution in [1.82, 2.24) is 4.90 Å². The molecule has 0 radical (unpaired) electrons. The van der Waals surface area contributed by atoms with E-state index < -0.39 is 0 Å². The summed E-state index contributed by atoms with van der Waals surface area (Å²) < 4.78 is 11.5. The maximum absolute atomic E-state index is 13.1. The molecule has 2 fully saturated rings. The van der Waals surface area contributed by atoms with Crippen LogP contribution < -0.4 is 4.74 Å². The molecule has 3 aliphatic rings. The predicted molar refractivity (Wildman–Crippen MR) is 92.0 cm³/mol. The number of morpholine rings is 1. The number of carbonyl (C=O) groups excluding carboxylic acids is 1. The van der Waals surface area contributed by atoms with E-state index in [1.807, 2.05) is 6.07 Å². The lowest BCUT2D eigenvalue weighted by Crippen LogP contribution is -2.56. The van der Waals surface area contributed by atoms with Crippen LogP contribution >= 0.6 is 0 Å². The molecule has 0 N–H and O–H groups in total. The third kappa shape index (κ3) is 2.43. The zero-order valence-corrected chi connectivity index (χ0v) is 14.9. The van der Waals surface area contributed by atoms with Gasteiger partial charge in [-0.05, 0) is 54.4 Å². The third-order valence-corrected chi connectivity index (χ3v) is 6.35. The predicted octanol–water partition coefficient (Wildman–Crippen LogP) is 3.35. The minimum Gasteiger partial charge on any atom is -0.497 e. The van der Waals surface area contributed by atoms with Gasteiger partial charge in [0, 0.05) is 12.5 Å². The van der Waals surface area contributed by atoms with E-state index in [4.69, 9.17) is 9.47 Å². The number of hydrogen-bond donors (Lipinski definition) is 0. The number of carbonyl (C=O) groups is 1. The van der Waals surface area contributed by atoms with Gasteiger partial charge >= 0.3 is 0 Å². The van der Waals surface area contributed by atoms with E-state index in [2.05, 4.69) is 30.9 Å². The summed E-state index contributed by atoms with van der Waals surface area (Å²) in [6.45, 7) is 5.81. The highest BCUT2D eigenvalue weighted by Gasteiger charge is 2.48. The first-order valence-corrected chi connectivity index (χ1v) is 9.10. The van der Waals surface area contributed by atoms with E-state index in [1.165, 1.54) is 11.1 Å². The van der Waals surface area contributed by atoms with Gasteiger partial charge < -0.3 is 14.4 Å². The van der Waals surface area contributed by atoms with Crippen LogP contribution in [0, 0.1) is 11.3 Å². The lowest BCUT2D eigenvalue weighted by molar-refractivity contribution is -0.161. The Morgan fingerprint density at radius 1 is 1.33 bits per heavy atom. The summed E-state index contributed by atoms with van der Waals surface area (Å²) in [5.41, 5.74) is 2.69. The van der Waals surface area contributed by atoms with Crippen molar-refractivity contribution in [3.63, 3.8) is 0 Å². The number of ether oxygens (including phenoxy) is 2. The van der Waals surface area contributed by atoms with Crippen LogP contribution in [0.15, 0.2) is 18.2 Å². The van der Waals surface area contributed by atoms with Crippen molar-refractivity contribution in [3.8, 4) is 5.75 Å². The highest BCUT2D eigenvalue weighted by Crippen LogP contribution is 2.48. The van der Waals surface area contributed by atoms with Crippen LogP contribution in [0.2, 0.25) is 0 Å². The number of rotatable bonds is 2. The first kappa shape index (κ1) is 15.9. The molecule has 4 nitrogen and oxygen atoms in total. The minimum atomic E-state index is 0.0144. The van der Waals surface area contributed by atoms with Gasteiger partial charge in [-0.2, -0.15) is 0 Å². The van der Waals surface area contributed by atoms with Gasteiger partial charge in [-0.25, -0.2) is 0 Å². The molecule has 1 aliphatic heterocycles. The van der Waals surface area contributed by atoms with Crippen LogP contribution in [0.4, 0.5) is 0 Å². The highest BCUT2D eigenvalue weighted by molar-refractivity contribution is 5.81. The van der Waals surface area contributed by atoms with Crippen LogP contribution in [-0.2, 0) is 16.0 Å². The maximum Gasteiger partial charge on any atom is 0.226 e. The minimum absolute atomic E-state index is 0.0144. The Bertz CT molecular complexity index is 654. The van der Waals surface area contributed by atoms with Gasteiger partial charge in [-0.1, -0.05) is 19.9 Å². The molecule has 1 aromatic rings. The Morgan fingerprint density at radius 2 is 2.17 bits per heavy atom. The number of hydrogen-bond acceptors (Lipinski definition) is 3. The van der Waals surface area contributed by atoms with Crippen molar-refractivity contribution >= 4 is 5.91 Å². The molecular formula is C20H27NO3. The van der Waals surface area contributed by atoms with Gasteiger partial charge in [0.05, 0.1) is 19.8 Å². The standard InChI is InChI=1S/C20H27NO3/c1-20(2)9-8-16(20)19(22)21-10-11-24-18-15-6-5-14(23-3)12-13(15)4-7-17(18)21/h5-6,12,16-18H,4,7-11H2,1-3H3. The number of fused-ring (bicyclic) bond motifs is 3. The normalized spacial score (nSPS) is 30.8. The summed E-state index contributed by atoms with van der Waals surface area (Å²) in [6.07, 6.45) is 4.16. The number of benzene rings is 1. The van der Waals surface area contributed by atoms with Gasteiger partial charge in [0.1, 0.15) is 11.9 Å². The second kappa shape index (κ2) is 5.76. The van der Waals surface area contributed by atoms with Crippen LogP contribution in [0.25, 0.3) is 0 Å². The molecule has 0 spiro atoms. The summed E-state index contributed by atoms with van der Waals surface area (Å²) in [5.74, 6) is 1.43. The second-order valence-electron chi connectivity index (χ2n) is 8.07. The molecule has 130 valence electrons. The molecule has 0 bridgehead atoms. The number of amides is 1. The third-order valence-electron chi connectivity index (χ3n) is 6.35. The summed E-state index contributed by atoms with van der Waals surface area (Å²) >= 11 is 0. The summed E-state index contributed by atoms with van der Waals surface area (Å²) in [6, 6.07) is 6.42. The molecule has 2 aliphatic carbocycles. The first-order chi connectivity index (χ1) is 11.5.